The summed E-state index contributed by atoms with van der Waals surface area (Å²) >= 11 is 1.73. The van der Waals surface area contributed by atoms with Crippen LogP contribution in [0.25, 0.3) is 0 Å². The van der Waals surface area contributed by atoms with E-state index in [4.69, 9.17) is 0 Å². The van der Waals surface area contributed by atoms with Gasteiger partial charge in [-0.05, 0) is 62.9 Å². The molecule has 6 nitrogen and oxygen atoms in total. The average Bonchev–Trinajstić information content (AvgIpc) is 3.28. The zero-order chi connectivity index (χ0) is 18.5. The Hall–Kier alpha value is -2.12. The lowest BCUT2D eigenvalue weighted by atomic mass is 10.1. The lowest BCUT2D eigenvalue weighted by molar-refractivity contribution is 0.222. The van der Waals surface area contributed by atoms with Crippen molar-refractivity contribution in [2.24, 2.45) is 0 Å². The highest BCUT2D eigenvalue weighted by Gasteiger charge is 2.24. The first kappa shape index (κ1) is 18.7. The van der Waals surface area contributed by atoms with Gasteiger partial charge >= 0.3 is 6.03 Å². The number of pyridine rings is 1. The molecule has 0 saturated carbocycles. The highest BCUT2D eigenvalue weighted by Crippen LogP contribution is 2.27. The molecule has 140 valence electrons. The first-order valence-electron chi connectivity index (χ1n) is 9.03. The first-order valence-corrected chi connectivity index (χ1v) is 9.91. The maximum Gasteiger partial charge on any atom is 0.315 e. The minimum atomic E-state index is -0.245. The highest BCUT2D eigenvalue weighted by molar-refractivity contribution is 7.10. The van der Waals surface area contributed by atoms with E-state index < -0.39 is 0 Å². The van der Waals surface area contributed by atoms with Crippen LogP contribution in [0.5, 0.6) is 0 Å². The van der Waals surface area contributed by atoms with Gasteiger partial charge in [0.2, 0.25) is 0 Å². The van der Waals surface area contributed by atoms with Crippen molar-refractivity contribution in [2.45, 2.75) is 39.3 Å². The number of likely N-dealkylation sites (tertiary alicyclic amines) is 1. The number of aromatic nitrogens is 1. The second-order valence-electron chi connectivity index (χ2n) is 6.78. The van der Waals surface area contributed by atoms with Crippen LogP contribution in [0.3, 0.4) is 0 Å². The number of thiophene rings is 1. The number of H-pyrrole nitrogens is 1. The van der Waals surface area contributed by atoms with Crippen molar-refractivity contribution < 1.29 is 4.79 Å². The molecule has 0 aromatic carbocycles. The predicted molar refractivity (Wildman–Crippen MR) is 105 cm³/mol. The molecular weight excluding hydrogens is 348 g/mol. The monoisotopic (exact) mass is 374 g/mol. The molecule has 0 bridgehead atoms. The van der Waals surface area contributed by atoms with Gasteiger partial charge in [0.15, 0.2) is 0 Å². The third-order valence-electron chi connectivity index (χ3n) is 4.83. The van der Waals surface area contributed by atoms with Crippen LogP contribution in [-0.4, -0.2) is 35.5 Å². The fourth-order valence-electron chi connectivity index (χ4n) is 3.47. The molecule has 1 aliphatic heterocycles. The fraction of sp³-hybridized carbons (Fsp3) is 0.474. The Morgan fingerprint density at radius 2 is 2.08 bits per heavy atom. The molecule has 1 fully saturated rings. The molecule has 7 heteroatoms. The number of aryl methyl sites for hydroxylation is 2. The van der Waals surface area contributed by atoms with Crippen molar-refractivity contribution in [3.05, 3.63) is 55.6 Å². The summed E-state index contributed by atoms with van der Waals surface area (Å²) in [5.74, 6) is 0. The van der Waals surface area contributed by atoms with Crippen molar-refractivity contribution in [3.63, 3.8) is 0 Å². The fourth-order valence-corrected chi connectivity index (χ4v) is 4.33. The number of aromatic amines is 1. The van der Waals surface area contributed by atoms with Gasteiger partial charge in [-0.1, -0.05) is 6.07 Å². The Balaban J connectivity index is 1.56. The van der Waals surface area contributed by atoms with Gasteiger partial charge in [0.05, 0.1) is 12.6 Å². The van der Waals surface area contributed by atoms with Gasteiger partial charge in [0.1, 0.15) is 0 Å². The Labute approximate surface area is 157 Å². The third-order valence-corrected chi connectivity index (χ3v) is 5.80. The van der Waals surface area contributed by atoms with Gasteiger partial charge in [-0.15, -0.1) is 11.3 Å². The van der Waals surface area contributed by atoms with Gasteiger partial charge in [0.25, 0.3) is 5.56 Å². The lowest BCUT2D eigenvalue weighted by Crippen LogP contribution is -2.41. The Morgan fingerprint density at radius 1 is 1.31 bits per heavy atom. The summed E-state index contributed by atoms with van der Waals surface area (Å²) in [6.07, 6.45) is 2.42. The van der Waals surface area contributed by atoms with Gasteiger partial charge < -0.3 is 15.6 Å². The molecule has 3 heterocycles. The molecule has 1 saturated heterocycles. The third kappa shape index (κ3) is 4.53. The zero-order valence-corrected chi connectivity index (χ0v) is 16.1. The van der Waals surface area contributed by atoms with Crippen LogP contribution in [-0.2, 0) is 6.54 Å². The predicted octanol–water partition coefficient (Wildman–Crippen LogP) is 2.69. The van der Waals surface area contributed by atoms with Gasteiger partial charge in [0, 0.05) is 22.7 Å². The molecule has 26 heavy (non-hydrogen) atoms. The van der Waals surface area contributed by atoms with Crippen LogP contribution in [0.4, 0.5) is 4.79 Å². The van der Waals surface area contributed by atoms with Crippen molar-refractivity contribution >= 4 is 17.4 Å². The minimum Gasteiger partial charge on any atom is -0.336 e. The molecule has 0 radical (unpaired) electrons. The van der Waals surface area contributed by atoms with Crippen molar-refractivity contribution in [1.29, 1.82) is 0 Å². The standard InChI is InChI=1S/C19H26N4O2S/c1-13-10-14(2)22-18(24)15(13)11-20-19(25)21-12-16(17-6-5-9-26-17)23-7-3-4-8-23/h5-6,9-10,16H,3-4,7-8,11-12H2,1-2H3,(H,22,24)(H2,20,21,25). The van der Waals surface area contributed by atoms with E-state index in [1.807, 2.05) is 19.9 Å². The van der Waals surface area contributed by atoms with Crippen LogP contribution in [0.15, 0.2) is 28.4 Å². The molecule has 2 aromatic heterocycles. The highest BCUT2D eigenvalue weighted by atomic mass is 32.1. The van der Waals surface area contributed by atoms with Crippen molar-refractivity contribution in [1.82, 2.24) is 20.5 Å². The second kappa shape index (κ2) is 8.51. The van der Waals surface area contributed by atoms with Crippen LogP contribution in [0.1, 0.15) is 40.6 Å². The Bertz CT molecular complexity index is 794. The molecular formula is C19H26N4O2S. The summed E-state index contributed by atoms with van der Waals surface area (Å²) < 4.78 is 0. The quantitative estimate of drug-likeness (QED) is 0.727. The van der Waals surface area contributed by atoms with Crippen molar-refractivity contribution in [3.8, 4) is 0 Å². The summed E-state index contributed by atoms with van der Waals surface area (Å²) in [6, 6.07) is 6.06. The van der Waals surface area contributed by atoms with E-state index in [1.54, 1.807) is 11.3 Å². The van der Waals surface area contributed by atoms with Crippen LogP contribution < -0.4 is 16.2 Å². The molecule has 0 aliphatic carbocycles. The SMILES string of the molecule is Cc1cc(C)c(CNC(=O)NCC(c2cccs2)N2CCCC2)c(=O)[nH]1. The number of nitrogens with one attached hydrogen (secondary N) is 3. The van der Waals surface area contributed by atoms with E-state index in [2.05, 4.69) is 38.0 Å². The normalized spacial score (nSPS) is 15.8. The number of amides is 2. The van der Waals surface area contributed by atoms with E-state index in [9.17, 15) is 9.59 Å². The summed E-state index contributed by atoms with van der Waals surface area (Å²) in [5, 5.41) is 7.85. The summed E-state index contributed by atoms with van der Waals surface area (Å²) in [5.41, 5.74) is 2.17. The maximum atomic E-state index is 12.2. The topological polar surface area (TPSA) is 77.2 Å². The number of urea groups is 1. The number of rotatable bonds is 6. The number of carbonyl (C=O) groups is 1. The second-order valence-corrected chi connectivity index (χ2v) is 7.76. The Morgan fingerprint density at radius 3 is 2.73 bits per heavy atom. The number of carbonyl (C=O) groups excluding carboxylic acids is 1. The van der Waals surface area contributed by atoms with E-state index in [1.165, 1.54) is 17.7 Å². The van der Waals surface area contributed by atoms with Gasteiger partial charge in [-0.25, -0.2) is 4.79 Å². The molecule has 1 aliphatic rings. The van der Waals surface area contributed by atoms with E-state index >= 15 is 0 Å². The van der Waals surface area contributed by atoms with Gasteiger partial charge in [-0.2, -0.15) is 0 Å². The summed E-state index contributed by atoms with van der Waals surface area (Å²) in [6.45, 7) is 6.67. The Kier molecular flexibility index (Phi) is 6.11. The van der Waals surface area contributed by atoms with E-state index in [0.717, 1.165) is 24.3 Å². The first-order chi connectivity index (χ1) is 12.5. The van der Waals surface area contributed by atoms with Crippen LogP contribution >= 0.6 is 11.3 Å². The molecule has 3 N–H and O–H groups in total. The molecule has 2 aromatic rings. The smallest absolute Gasteiger partial charge is 0.315 e. The van der Waals surface area contributed by atoms with E-state index in [-0.39, 0.29) is 24.2 Å². The van der Waals surface area contributed by atoms with Gasteiger partial charge in [-0.3, -0.25) is 9.69 Å². The molecule has 0 spiro atoms. The number of hydrogen-bond acceptors (Lipinski definition) is 4. The average molecular weight is 375 g/mol. The molecule has 3 rings (SSSR count). The minimum absolute atomic E-state index is 0.142. The van der Waals surface area contributed by atoms with Crippen molar-refractivity contribution in [2.75, 3.05) is 19.6 Å². The number of nitrogens with zero attached hydrogens (tertiary/aromatic N) is 1. The van der Waals surface area contributed by atoms with Crippen LogP contribution in [0.2, 0.25) is 0 Å². The lowest BCUT2D eigenvalue weighted by Gasteiger charge is -2.27. The largest absolute Gasteiger partial charge is 0.336 e. The summed E-state index contributed by atoms with van der Waals surface area (Å²) in [7, 11) is 0. The zero-order valence-electron chi connectivity index (χ0n) is 15.3. The van der Waals surface area contributed by atoms with Crippen LogP contribution in [0, 0.1) is 13.8 Å². The molecule has 1 unspecified atom stereocenters. The maximum absolute atomic E-state index is 12.2. The number of hydrogen-bond donors (Lipinski definition) is 3. The summed E-state index contributed by atoms with van der Waals surface area (Å²) in [4.78, 5) is 30.8. The molecule has 2 amide bonds. The molecule has 1 atom stereocenters. The van der Waals surface area contributed by atoms with E-state index in [0.29, 0.717) is 12.1 Å².